The van der Waals surface area contributed by atoms with Gasteiger partial charge < -0.3 is 39.3 Å². The van der Waals surface area contributed by atoms with Crippen molar-refractivity contribution < 1.29 is 43.5 Å². The van der Waals surface area contributed by atoms with Gasteiger partial charge in [-0.1, -0.05) is 0 Å². The first-order valence-corrected chi connectivity index (χ1v) is 8.67. The van der Waals surface area contributed by atoms with Crippen molar-refractivity contribution in [2.45, 2.75) is 0 Å². The van der Waals surface area contributed by atoms with Gasteiger partial charge in [-0.25, -0.2) is 4.79 Å². The molecule has 11 heteroatoms. The average Bonchev–Trinajstić information content (AvgIpc) is 2.71. The third kappa shape index (κ3) is 4.45. The number of carbonyl (C=O) groups excluding carboxylic acids is 1. The molecule has 0 fully saturated rings. The second kappa shape index (κ2) is 8.53. The molecule has 162 valence electrons. The van der Waals surface area contributed by atoms with Crippen LogP contribution in [-0.2, 0) is 4.79 Å². The first kappa shape index (κ1) is 21.3. The highest BCUT2D eigenvalue weighted by Gasteiger charge is 2.20. The van der Waals surface area contributed by atoms with Crippen LogP contribution in [0.4, 0.5) is 4.79 Å². The monoisotopic (exact) mass is 431 g/mol. The largest absolute Gasteiger partial charge is 0.508 e. The van der Waals surface area contributed by atoms with E-state index >= 15 is 0 Å². The van der Waals surface area contributed by atoms with Crippen LogP contribution < -0.4 is 25.0 Å². The quantitative estimate of drug-likeness (QED) is 0.454. The summed E-state index contributed by atoms with van der Waals surface area (Å²) in [6.45, 7) is -0.649. The lowest BCUT2D eigenvalue weighted by atomic mass is 10.1. The molecule has 1 aromatic heterocycles. The standard InChI is InChI=1S/C20H17NO10/c1-28-15-3-9(4-16(29-2)19(15)31-20(27)21-8-17(25)26)13-7-12(24)18-11(23)5-10(22)6-14(18)30-13/h3-7,22-23H,8H2,1-2H3,(H,21,27)(H,25,26). The summed E-state index contributed by atoms with van der Waals surface area (Å²) in [5.41, 5.74) is -0.305. The zero-order valence-electron chi connectivity index (χ0n) is 16.3. The van der Waals surface area contributed by atoms with Gasteiger partial charge in [-0.3, -0.25) is 9.59 Å². The number of methoxy groups -OCH3 is 2. The fourth-order valence-corrected chi connectivity index (χ4v) is 2.80. The summed E-state index contributed by atoms with van der Waals surface area (Å²) in [5, 5.41) is 30.2. The Kier molecular flexibility index (Phi) is 5.86. The minimum absolute atomic E-state index is 0.0290. The number of phenolic OH excluding ortho intramolecular Hbond substituents is 2. The van der Waals surface area contributed by atoms with Crippen molar-refractivity contribution in [3.8, 4) is 40.1 Å². The highest BCUT2D eigenvalue weighted by molar-refractivity contribution is 5.86. The summed E-state index contributed by atoms with van der Waals surface area (Å²) < 4.78 is 21.2. The number of carboxylic acid groups (broad SMARTS) is 1. The molecule has 3 aromatic rings. The first-order chi connectivity index (χ1) is 14.7. The molecule has 1 amide bonds. The topological polar surface area (TPSA) is 165 Å². The van der Waals surface area contributed by atoms with Gasteiger partial charge in [0.1, 0.15) is 34.8 Å². The van der Waals surface area contributed by atoms with Crippen LogP contribution in [0.2, 0.25) is 0 Å². The molecule has 4 N–H and O–H groups in total. The first-order valence-electron chi connectivity index (χ1n) is 8.67. The van der Waals surface area contributed by atoms with E-state index in [4.69, 9.17) is 23.7 Å². The number of amides is 1. The third-order valence-corrected chi connectivity index (χ3v) is 4.12. The van der Waals surface area contributed by atoms with Gasteiger partial charge in [0.25, 0.3) is 0 Å². The lowest BCUT2D eigenvalue weighted by Crippen LogP contribution is -2.31. The van der Waals surface area contributed by atoms with Crippen LogP contribution >= 0.6 is 0 Å². The van der Waals surface area contributed by atoms with Gasteiger partial charge >= 0.3 is 12.1 Å². The van der Waals surface area contributed by atoms with Gasteiger partial charge in [0.2, 0.25) is 5.75 Å². The summed E-state index contributed by atoms with van der Waals surface area (Å²) in [7, 11) is 2.60. The molecule has 2 aromatic carbocycles. The van der Waals surface area contributed by atoms with Crippen molar-refractivity contribution in [1.29, 1.82) is 0 Å². The summed E-state index contributed by atoms with van der Waals surface area (Å²) in [5.74, 6) is -1.99. The van der Waals surface area contributed by atoms with E-state index in [0.717, 1.165) is 12.1 Å². The Morgan fingerprint density at radius 3 is 2.26 bits per heavy atom. The lowest BCUT2D eigenvalue weighted by molar-refractivity contribution is -0.135. The van der Waals surface area contributed by atoms with E-state index in [1.54, 1.807) is 0 Å². The Labute approximate surface area is 174 Å². The summed E-state index contributed by atoms with van der Waals surface area (Å²) in [4.78, 5) is 34.9. The number of rotatable bonds is 6. The number of hydrogen-bond acceptors (Lipinski definition) is 9. The molecule has 3 rings (SSSR count). The maximum absolute atomic E-state index is 12.5. The van der Waals surface area contributed by atoms with Crippen molar-refractivity contribution in [1.82, 2.24) is 5.32 Å². The van der Waals surface area contributed by atoms with Crippen LogP contribution in [0.1, 0.15) is 0 Å². The SMILES string of the molecule is COc1cc(-c2cc(=O)c3c(O)cc(O)cc3o2)cc(OC)c1OC(=O)NCC(=O)O. The maximum atomic E-state index is 12.5. The zero-order chi connectivity index (χ0) is 22.7. The molecule has 0 atom stereocenters. The Bertz CT molecular complexity index is 1210. The molecule has 0 saturated heterocycles. The van der Waals surface area contributed by atoms with Crippen LogP contribution in [-0.4, -0.2) is 48.1 Å². The third-order valence-electron chi connectivity index (χ3n) is 4.12. The minimum atomic E-state index is -1.25. The number of carbonyl (C=O) groups is 2. The van der Waals surface area contributed by atoms with Crippen LogP contribution in [0.15, 0.2) is 39.5 Å². The van der Waals surface area contributed by atoms with E-state index in [1.807, 2.05) is 5.32 Å². The highest BCUT2D eigenvalue weighted by Crippen LogP contribution is 2.42. The number of aliphatic carboxylic acids is 1. The molecular weight excluding hydrogens is 414 g/mol. The predicted molar refractivity (Wildman–Crippen MR) is 106 cm³/mol. The molecule has 11 nitrogen and oxygen atoms in total. The van der Waals surface area contributed by atoms with Crippen molar-refractivity contribution in [2.24, 2.45) is 0 Å². The predicted octanol–water partition coefficient (Wildman–Crippen LogP) is 2.06. The van der Waals surface area contributed by atoms with Crippen molar-refractivity contribution >= 4 is 23.0 Å². The Morgan fingerprint density at radius 2 is 1.68 bits per heavy atom. The van der Waals surface area contributed by atoms with Crippen molar-refractivity contribution in [3.05, 3.63) is 40.6 Å². The van der Waals surface area contributed by atoms with E-state index in [-0.39, 0.29) is 39.7 Å². The average molecular weight is 431 g/mol. The van der Waals surface area contributed by atoms with Crippen LogP contribution in [0, 0.1) is 0 Å². The van der Waals surface area contributed by atoms with E-state index in [1.165, 1.54) is 32.4 Å². The van der Waals surface area contributed by atoms with Crippen molar-refractivity contribution in [3.63, 3.8) is 0 Å². The summed E-state index contributed by atoms with van der Waals surface area (Å²) in [6.07, 6.45) is -1.05. The highest BCUT2D eigenvalue weighted by atomic mass is 16.6. The molecule has 0 unspecified atom stereocenters. The van der Waals surface area contributed by atoms with E-state index in [2.05, 4.69) is 0 Å². The molecule has 0 bridgehead atoms. The number of fused-ring (bicyclic) bond motifs is 1. The summed E-state index contributed by atoms with van der Waals surface area (Å²) >= 11 is 0. The van der Waals surface area contributed by atoms with Gasteiger partial charge in [-0.15, -0.1) is 0 Å². The Balaban J connectivity index is 2.08. The summed E-state index contributed by atoms with van der Waals surface area (Å²) in [6, 6.07) is 6.13. The fourth-order valence-electron chi connectivity index (χ4n) is 2.80. The van der Waals surface area contributed by atoms with E-state index in [9.17, 15) is 24.6 Å². The second-order valence-corrected chi connectivity index (χ2v) is 6.16. The second-order valence-electron chi connectivity index (χ2n) is 6.16. The van der Waals surface area contributed by atoms with Gasteiger partial charge in [-0.2, -0.15) is 0 Å². The number of ether oxygens (including phenoxy) is 3. The smallest absolute Gasteiger partial charge is 0.413 e. The molecule has 31 heavy (non-hydrogen) atoms. The van der Waals surface area contributed by atoms with Crippen molar-refractivity contribution in [2.75, 3.05) is 20.8 Å². The number of hydrogen-bond donors (Lipinski definition) is 4. The lowest BCUT2D eigenvalue weighted by Gasteiger charge is -2.15. The van der Waals surface area contributed by atoms with Gasteiger partial charge in [-0.05, 0) is 12.1 Å². The zero-order valence-corrected chi connectivity index (χ0v) is 16.3. The molecule has 0 radical (unpaired) electrons. The Morgan fingerprint density at radius 1 is 1.03 bits per heavy atom. The molecule has 0 saturated carbocycles. The van der Waals surface area contributed by atoms with Crippen LogP contribution in [0.5, 0.6) is 28.7 Å². The molecule has 0 aliphatic carbocycles. The van der Waals surface area contributed by atoms with Crippen LogP contribution in [0.25, 0.3) is 22.3 Å². The van der Waals surface area contributed by atoms with Crippen LogP contribution in [0.3, 0.4) is 0 Å². The maximum Gasteiger partial charge on any atom is 0.413 e. The van der Waals surface area contributed by atoms with Gasteiger partial charge in [0, 0.05) is 23.8 Å². The molecule has 0 spiro atoms. The number of carboxylic acids is 1. The Hall–Kier alpha value is -4.41. The minimum Gasteiger partial charge on any atom is -0.508 e. The normalized spacial score (nSPS) is 10.5. The van der Waals surface area contributed by atoms with Gasteiger partial charge in [0.05, 0.1) is 14.2 Å². The number of phenols is 2. The fraction of sp³-hybridized carbons (Fsp3) is 0.150. The number of aromatic hydroxyl groups is 2. The molecule has 0 aliphatic heterocycles. The molecular formula is C20H17NO10. The number of benzene rings is 2. The van der Waals surface area contributed by atoms with Gasteiger partial charge in [0.15, 0.2) is 16.9 Å². The number of nitrogens with one attached hydrogen (secondary N) is 1. The molecule has 0 aliphatic rings. The molecule has 1 heterocycles. The van der Waals surface area contributed by atoms with E-state index < -0.39 is 29.8 Å². The van der Waals surface area contributed by atoms with E-state index in [0.29, 0.717) is 5.56 Å².